The number of hydrogen-bond acceptors (Lipinski definition) is 7. The lowest BCUT2D eigenvalue weighted by atomic mass is 9.96. The van der Waals surface area contributed by atoms with Gasteiger partial charge in [0.25, 0.3) is 0 Å². The van der Waals surface area contributed by atoms with E-state index < -0.39 is 11.9 Å². The molecular weight excluding hydrogens is 504 g/mol. The smallest absolute Gasteiger partial charge is 0.328 e. The molecule has 0 saturated carbocycles. The van der Waals surface area contributed by atoms with Crippen molar-refractivity contribution in [2.24, 2.45) is 10.9 Å². The summed E-state index contributed by atoms with van der Waals surface area (Å²) in [6.45, 7) is 4.80. The van der Waals surface area contributed by atoms with Gasteiger partial charge in [0.2, 0.25) is 0 Å². The van der Waals surface area contributed by atoms with Gasteiger partial charge in [-0.25, -0.2) is 9.59 Å². The summed E-state index contributed by atoms with van der Waals surface area (Å²) in [5.41, 5.74) is 8.35. The van der Waals surface area contributed by atoms with Crippen molar-refractivity contribution >= 4 is 41.1 Å². The van der Waals surface area contributed by atoms with Crippen LogP contribution in [0.3, 0.4) is 0 Å². The van der Waals surface area contributed by atoms with Crippen molar-refractivity contribution in [1.29, 1.82) is 0 Å². The van der Waals surface area contributed by atoms with Gasteiger partial charge in [0.15, 0.2) is 0 Å². The summed E-state index contributed by atoms with van der Waals surface area (Å²) in [6, 6.07) is 15.3. The highest BCUT2D eigenvalue weighted by Gasteiger charge is 2.30. The Labute approximate surface area is 218 Å². The molecule has 1 fully saturated rings. The normalized spacial score (nSPS) is 18.5. The van der Waals surface area contributed by atoms with Crippen LogP contribution in [0, 0.1) is 0 Å². The van der Waals surface area contributed by atoms with E-state index in [1.165, 1.54) is 20.9 Å². The van der Waals surface area contributed by atoms with Crippen LogP contribution in [0.15, 0.2) is 69.6 Å². The first-order valence-electron chi connectivity index (χ1n) is 11.4. The van der Waals surface area contributed by atoms with Crippen LogP contribution in [0.5, 0.6) is 0 Å². The third-order valence-electron chi connectivity index (χ3n) is 5.97. The quantitative estimate of drug-likeness (QED) is 0.144. The molecule has 9 nitrogen and oxygen atoms in total. The molecule has 2 heterocycles. The summed E-state index contributed by atoms with van der Waals surface area (Å²) in [5, 5.41) is 28.2. The van der Waals surface area contributed by atoms with Crippen molar-refractivity contribution in [3.8, 4) is 0 Å². The van der Waals surface area contributed by atoms with E-state index in [-0.39, 0.29) is 0 Å². The minimum atomic E-state index is -1.26. The zero-order valence-corrected chi connectivity index (χ0v) is 21.2. The Kier molecular flexibility index (Phi) is 10.2. The number of amidine groups is 1. The number of fused-ring (bicyclic) bond motifs is 2. The molecule has 4 rings (SSSR count). The lowest BCUT2D eigenvalue weighted by molar-refractivity contribution is -0.134. The fourth-order valence-electron chi connectivity index (χ4n) is 4.17. The molecule has 0 bridgehead atoms. The lowest BCUT2D eigenvalue weighted by Crippen LogP contribution is -2.48. The van der Waals surface area contributed by atoms with Crippen LogP contribution in [-0.2, 0) is 16.0 Å². The van der Waals surface area contributed by atoms with Crippen molar-refractivity contribution in [1.82, 2.24) is 9.80 Å². The monoisotopic (exact) mass is 532 g/mol. The average Bonchev–Trinajstić information content (AvgIpc) is 3.03. The van der Waals surface area contributed by atoms with Crippen LogP contribution >= 0.6 is 23.4 Å². The van der Waals surface area contributed by atoms with Gasteiger partial charge in [-0.05, 0) is 41.8 Å². The second kappa shape index (κ2) is 13.3. The van der Waals surface area contributed by atoms with E-state index in [0.717, 1.165) is 44.2 Å². The molecule has 2 aromatic carbocycles. The summed E-state index contributed by atoms with van der Waals surface area (Å²) in [4.78, 5) is 26.7. The van der Waals surface area contributed by atoms with E-state index in [2.05, 4.69) is 51.4 Å². The minimum absolute atomic E-state index is 0.295. The average molecular weight is 533 g/mol. The summed E-state index contributed by atoms with van der Waals surface area (Å²) in [5.74, 6) is -2.22. The van der Waals surface area contributed by atoms with Crippen LogP contribution in [-0.4, -0.2) is 75.7 Å². The number of benzene rings is 2. The maximum Gasteiger partial charge on any atom is 0.328 e. The van der Waals surface area contributed by atoms with Crippen molar-refractivity contribution in [3.63, 3.8) is 0 Å². The molecule has 192 valence electrons. The highest BCUT2D eigenvalue weighted by molar-refractivity contribution is 7.99. The molecule has 0 spiro atoms. The Balaban J connectivity index is 0.000000392. The molecule has 0 amide bonds. The molecule has 0 aromatic heterocycles. The Morgan fingerprint density at radius 3 is 2.36 bits per heavy atom. The number of aliphatic carboxylic acids is 2. The summed E-state index contributed by atoms with van der Waals surface area (Å²) in [7, 11) is 0. The van der Waals surface area contributed by atoms with E-state index in [1.54, 1.807) is 0 Å². The van der Waals surface area contributed by atoms with Gasteiger partial charge in [-0.1, -0.05) is 46.7 Å². The van der Waals surface area contributed by atoms with Crippen LogP contribution in [0.25, 0.3) is 0 Å². The Bertz CT molecular complexity index is 1120. The molecule has 0 aliphatic carbocycles. The van der Waals surface area contributed by atoms with Gasteiger partial charge in [-0.3, -0.25) is 4.90 Å². The van der Waals surface area contributed by atoms with E-state index in [0.29, 0.717) is 30.5 Å². The van der Waals surface area contributed by atoms with Gasteiger partial charge in [0.05, 0.1) is 0 Å². The zero-order chi connectivity index (χ0) is 26.1. The first-order valence-corrected chi connectivity index (χ1v) is 12.6. The number of hydrogen-bond donors (Lipinski definition) is 4. The third kappa shape index (κ3) is 7.99. The Morgan fingerprint density at radius 1 is 1.06 bits per heavy atom. The summed E-state index contributed by atoms with van der Waals surface area (Å²) in [6.07, 6.45) is 2.72. The second-order valence-corrected chi connectivity index (χ2v) is 9.86. The van der Waals surface area contributed by atoms with Gasteiger partial charge in [-0.15, -0.1) is 0 Å². The number of piperazine rings is 1. The minimum Gasteiger partial charge on any atom is -0.478 e. The van der Waals surface area contributed by atoms with Crippen molar-refractivity contribution in [3.05, 3.63) is 70.8 Å². The lowest BCUT2D eigenvalue weighted by Gasteiger charge is -2.39. The van der Waals surface area contributed by atoms with E-state index in [9.17, 15) is 9.59 Å². The van der Waals surface area contributed by atoms with Gasteiger partial charge in [0, 0.05) is 72.2 Å². The molecular formula is C25H29ClN4O5S. The maximum absolute atomic E-state index is 9.55. The molecule has 2 aliphatic rings. The van der Waals surface area contributed by atoms with Gasteiger partial charge < -0.3 is 26.1 Å². The predicted molar refractivity (Wildman–Crippen MR) is 139 cm³/mol. The van der Waals surface area contributed by atoms with Crippen LogP contribution in [0.4, 0.5) is 0 Å². The molecule has 0 radical (unpaired) electrons. The van der Waals surface area contributed by atoms with Crippen LogP contribution in [0.2, 0.25) is 5.02 Å². The number of rotatable bonds is 6. The number of halogens is 1. The Hall–Kier alpha value is -3.05. The number of nitrogens with zero attached hydrogens (tertiary/aromatic N) is 3. The molecule has 5 N–H and O–H groups in total. The third-order valence-corrected chi connectivity index (χ3v) is 7.41. The van der Waals surface area contributed by atoms with E-state index in [1.807, 2.05) is 17.8 Å². The number of carbonyl (C=O) groups is 2. The molecule has 2 aromatic rings. The van der Waals surface area contributed by atoms with Gasteiger partial charge >= 0.3 is 11.9 Å². The highest BCUT2D eigenvalue weighted by Crippen LogP contribution is 2.43. The van der Waals surface area contributed by atoms with Crippen LogP contribution < -0.4 is 5.73 Å². The molecule has 36 heavy (non-hydrogen) atoms. The number of carboxylic acids is 2. The standard InChI is InChI=1S/C21H25ClN4OS.C4H4O4/c22-16-5-6-20-17(14-16)18(13-15-3-1-2-4-19(15)28-20)26-11-9-25(10-12-26)8-7-21(23)24-27;5-3(6)1-2-4(7)8/h1-6,14,18,27H,7-13H2,(H2,23,24);1-2H,(H,5,6)(H,7,8)/b;2-1-. The molecule has 1 saturated heterocycles. The first-order chi connectivity index (χ1) is 17.3. The number of oxime groups is 1. The largest absolute Gasteiger partial charge is 0.478 e. The Morgan fingerprint density at radius 2 is 1.72 bits per heavy atom. The van der Waals surface area contributed by atoms with Crippen molar-refractivity contribution in [2.75, 3.05) is 32.7 Å². The van der Waals surface area contributed by atoms with Crippen molar-refractivity contribution < 1.29 is 25.0 Å². The molecule has 1 unspecified atom stereocenters. The molecule has 2 aliphatic heterocycles. The summed E-state index contributed by atoms with van der Waals surface area (Å²) >= 11 is 8.22. The predicted octanol–water partition coefficient (Wildman–Crippen LogP) is 3.55. The van der Waals surface area contributed by atoms with Gasteiger partial charge in [0.1, 0.15) is 5.84 Å². The maximum atomic E-state index is 9.55. The fourth-order valence-corrected chi connectivity index (χ4v) is 5.47. The molecule has 1 atom stereocenters. The molecule has 11 heteroatoms. The number of carboxylic acid groups (broad SMARTS) is 2. The topological polar surface area (TPSA) is 140 Å². The highest BCUT2D eigenvalue weighted by atomic mass is 35.5. The zero-order valence-electron chi connectivity index (χ0n) is 19.6. The van der Waals surface area contributed by atoms with Gasteiger partial charge in [-0.2, -0.15) is 0 Å². The van der Waals surface area contributed by atoms with Crippen molar-refractivity contribution in [2.45, 2.75) is 28.7 Å². The fraction of sp³-hybridized carbons (Fsp3) is 0.320. The number of nitrogens with two attached hydrogens (primary N) is 1. The second-order valence-electron chi connectivity index (χ2n) is 8.34. The van der Waals surface area contributed by atoms with E-state index >= 15 is 0 Å². The van der Waals surface area contributed by atoms with E-state index in [4.69, 9.17) is 32.8 Å². The SMILES string of the molecule is N/C(CCN1CCN(C2Cc3ccccc3Sc3ccc(Cl)cc32)CC1)=N\O.O=C(O)/C=C\C(=O)O. The summed E-state index contributed by atoms with van der Waals surface area (Å²) < 4.78 is 0. The first kappa shape index (κ1) is 27.5. The van der Waals surface area contributed by atoms with Crippen LogP contribution in [0.1, 0.15) is 23.6 Å².